The highest BCUT2D eigenvalue weighted by Gasteiger charge is 2.20. The van der Waals surface area contributed by atoms with E-state index in [1.54, 1.807) is 24.3 Å². The van der Waals surface area contributed by atoms with Crippen LogP contribution in [0.1, 0.15) is 20.3 Å². The van der Waals surface area contributed by atoms with Crippen molar-refractivity contribution in [2.24, 2.45) is 5.92 Å². The predicted molar refractivity (Wildman–Crippen MR) is 74.0 cm³/mol. The van der Waals surface area contributed by atoms with E-state index in [1.807, 2.05) is 19.9 Å². The number of carbonyl (C=O) groups excluding carboxylic acids is 1. The third-order valence-electron chi connectivity index (χ3n) is 2.52. The van der Waals surface area contributed by atoms with Crippen LogP contribution in [0.15, 0.2) is 30.3 Å². The molecule has 0 saturated heterocycles. The summed E-state index contributed by atoms with van der Waals surface area (Å²) in [6.45, 7) is 4.53. The van der Waals surface area contributed by atoms with E-state index in [-0.39, 0.29) is 12.3 Å². The zero-order valence-corrected chi connectivity index (χ0v) is 11.2. The third-order valence-corrected chi connectivity index (χ3v) is 2.52. The largest absolute Gasteiger partial charge is 0.480 e. The Bertz CT molecular complexity index is 418. The van der Waals surface area contributed by atoms with Crippen LogP contribution in [0.5, 0.6) is 0 Å². The van der Waals surface area contributed by atoms with E-state index in [9.17, 15) is 9.59 Å². The second-order valence-corrected chi connectivity index (χ2v) is 4.81. The van der Waals surface area contributed by atoms with E-state index in [1.165, 1.54) is 0 Å². The Hall–Kier alpha value is -1.88. The molecule has 5 nitrogen and oxygen atoms in total. The number of rotatable bonds is 7. The van der Waals surface area contributed by atoms with Crippen LogP contribution >= 0.6 is 0 Å². The van der Waals surface area contributed by atoms with Crippen molar-refractivity contribution in [3.63, 3.8) is 0 Å². The summed E-state index contributed by atoms with van der Waals surface area (Å²) in [5.74, 6) is -0.988. The summed E-state index contributed by atoms with van der Waals surface area (Å²) in [6.07, 6.45) is -0.0864. The second kappa shape index (κ2) is 7.53. The van der Waals surface area contributed by atoms with Crippen molar-refractivity contribution < 1.29 is 14.7 Å². The van der Waals surface area contributed by atoms with E-state index in [0.717, 1.165) is 0 Å². The first-order chi connectivity index (χ1) is 8.99. The van der Waals surface area contributed by atoms with Crippen LogP contribution in [0.4, 0.5) is 5.69 Å². The molecule has 5 heteroatoms. The van der Waals surface area contributed by atoms with Gasteiger partial charge >= 0.3 is 5.97 Å². The number of nitrogens with one attached hydrogen (secondary N) is 2. The molecule has 1 amide bonds. The molecule has 3 N–H and O–H groups in total. The number of hydrogen-bond donors (Lipinski definition) is 3. The zero-order valence-electron chi connectivity index (χ0n) is 11.2. The van der Waals surface area contributed by atoms with Crippen molar-refractivity contribution in [1.29, 1.82) is 0 Å². The lowest BCUT2D eigenvalue weighted by molar-refractivity contribution is -0.141. The monoisotopic (exact) mass is 264 g/mol. The summed E-state index contributed by atoms with van der Waals surface area (Å²) in [5, 5.41) is 14.6. The van der Waals surface area contributed by atoms with Gasteiger partial charge in [0.2, 0.25) is 5.91 Å². The molecule has 104 valence electrons. The number of anilines is 1. The maximum Gasteiger partial charge on any atom is 0.321 e. The number of aliphatic carboxylic acids is 1. The molecule has 0 spiro atoms. The van der Waals surface area contributed by atoms with Gasteiger partial charge in [-0.2, -0.15) is 0 Å². The molecule has 0 radical (unpaired) electrons. The summed E-state index contributed by atoms with van der Waals surface area (Å²) in [4.78, 5) is 22.8. The Balaban J connectivity index is 2.49. The van der Waals surface area contributed by atoms with Gasteiger partial charge in [0.1, 0.15) is 6.04 Å². The number of benzene rings is 1. The average molecular weight is 264 g/mol. The highest BCUT2D eigenvalue weighted by atomic mass is 16.4. The SMILES string of the molecule is CC(C)CNC(CC(=O)Nc1ccccc1)C(=O)O. The number of carboxylic acid groups (broad SMARTS) is 1. The Kier molecular flexibility index (Phi) is 6.02. The van der Waals surface area contributed by atoms with Gasteiger partial charge in [0.15, 0.2) is 0 Å². The molecule has 0 bridgehead atoms. The fraction of sp³-hybridized carbons (Fsp3) is 0.429. The van der Waals surface area contributed by atoms with E-state index in [0.29, 0.717) is 18.2 Å². The van der Waals surface area contributed by atoms with Crippen molar-refractivity contribution in [2.45, 2.75) is 26.3 Å². The van der Waals surface area contributed by atoms with Crippen LogP contribution in [-0.4, -0.2) is 29.6 Å². The van der Waals surface area contributed by atoms with Crippen LogP contribution in [0.25, 0.3) is 0 Å². The molecule has 0 aliphatic carbocycles. The van der Waals surface area contributed by atoms with Crippen LogP contribution < -0.4 is 10.6 Å². The highest BCUT2D eigenvalue weighted by Crippen LogP contribution is 2.06. The minimum Gasteiger partial charge on any atom is -0.480 e. The molecule has 0 aliphatic rings. The molecule has 1 atom stereocenters. The fourth-order valence-electron chi connectivity index (χ4n) is 1.54. The van der Waals surface area contributed by atoms with Gasteiger partial charge in [-0.15, -0.1) is 0 Å². The lowest BCUT2D eigenvalue weighted by Crippen LogP contribution is -2.41. The van der Waals surface area contributed by atoms with Gasteiger partial charge in [0, 0.05) is 5.69 Å². The first-order valence-corrected chi connectivity index (χ1v) is 6.30. The van der Waals surface area contributed by atoms with Gasteiger partial charge in [0.05, 0.1) is 6.42 Å². The average Bonchev–Trinajstić information content (AvgIpc) is 2.35. The van der Waals surface area contributed by atoms with E-state index in [4.69, 9.17) is 5.11 Å². The normalized spacial score (nSPS) is 12.2. The van der Waals surface area contributed by atoms with Crippen molar-refractivity contribution in [1.82, 2.24) is 5.32 Å². The van der Waals surface area contributed by atoms with Crippen LogP contribution in [0, 0.1) is 5.92 Å². The quantitative estimate of drug-likeness (QED) is 0.700. The number of carboxylic acids is 1. The topological polar surface area (TPSA) is 78.4 Å². The smallest absolute Gasteiger partial charge is 0.321 e. The molecule has 0 fully saturated rings. The molecule has 0 aromatic heterocycles. The standard InChI is InChI=1S/C14H20N2O3/c1-10(2)9-15-12(14(18)19)8-13(17)16-11-6-4-3-5-7-11/h3-7,10,12,15H,8-9H2,1-2H3,(H,16,17)(H,18,19). The van der Waals surface area contributed by atoms with Gasteiger partial charge in [-0.25, -0.2) is 0 Å². The summed E-state index contributed by atoms with van der Waals surface area (Å²) in [7, 11) is 0. The molecule has 1 rings (SSSR count). The summed E-state index contributed by atoms with van der Waals surface area (Å²) >= 11 is 0. The van der Waals surface area contributed by atoms with Gasteiger partial charge in [-0.05, 0) is 24.6 Å². The Morgan fingerprint density at radius 2 is 1.84 bits per heavy atom. The number of para-hydroxylation sites is 1. The van der Waals surface area contributed by atoms with Crippen molar-refractivity contribution in [3.8, 4) is 0 Å². The molecule has 1 aromatic carbocycles. The first-order valence-electron chi connectivity index (χ1n) is 6.30. The fourth-order valence-corrected chi connectivity index (χ4v) is 1.54. The van der Waals surface area contributed by atoms with E-state index < -0.39 is 12.0 Å². The molecule has 0 saturated carbocycles. The van der Waals surface area contributed by atoms with Crippen molar-refractivity contribution in [2.75, 3.05) is 11.9 Å². The van der Waals surface area contributed by atoms with E-state index in [2.05, 4.69) is 10.6 Å². The van der Waals surface area contributed by atoms with Crippen molar-refractivity contribution >= 4 is 17.6 Å². The lowest BCUT2D eigenvalue weighted by Gasteiger charge is -2.15. The third kappa shape index (κ3) is 6.01. The zero-order chi connectivity index (χ0) is 14.3. The molecule has 0 aliphatic heterocycles. The highest BCUT2D eigenvalue weighted by molar-refractivity contribution is 5.93. The van der Waals surface area contributed by atoms with Gasteiger partial charge in [-0.1, -0.05) is 32.0 Å². The van der Waals surface area contributed by atoms with Gasteiger partial charge in [0.25, 0.3) is 0 Å². The number of hydrogen-bond acceptors (Lipinski definition) is 3. The minimum atomic E-state index is -1.01. The van der Waals surface area contributed by atoms with Crippen LogP contribution in [-0.2, 0) is 9.59 Å². The van der Waals surface area contributed by atoms with Gasteiger partial charge in [-0.3, -0.25) is 9.59 Å². The Labute approximate surface area is 113 Å². The Morgan fingerprint density at radius 1 is 1.21 bits per heavy atom. The summed E-state index contributed by atoms with van der Waals surface area (Å²) in [6, 6.07) is 8.12. The maximum atomic E-state index is 11.8. The molecular weight excluding hydrogens is 244 g/mol. The summed E-state index contributed by atoms with van der Waals surface area (Å²) in [5.41, 5.74) is 0.667. The molecule has 1 aromatic rings. The van der Waals surface area contributed by atoms with Gasteiger partial charge < -0.3 is 15.7 Å². The molecular formula is C14H20N2O3. The van der Waals surface area contributed by atoms with E-state index >= 15 is 0 Å². The predicted octanol–water partition coefficient (Wildman–Crippen LogP) is 1.71. The molecule has 19 heavy (non-hydrogen) atoms. The van der Waals surface area contributed by atoms with Crippen molar-refractivity contribution in [3.05, 3.63) is 30.3 Å². The van der Waals surface area contributed by atoms with Crippen LogP contribution in [0.2, 0.25) is 0 Å². The minimum absolute atomic E-state index is 0.0864. The number of amides is 1. The second-order valence-electron chi connectivity index (χ2n) is 4.81. The summed E-state index contributed by atoms with van der Waals surface area (Å²) < 4.78 is 0. The Morgan fingerprint density at radius 3 is 2.37 bits per heavy atom. The first kappa shape index (κ1) is 15.2. The lowest BCUT2D eigenvalue weighted by atomic mass is 10.1. The number of carbonyl (C=O) groups is 2. The maximum absolute atomic E-state index is 11.8. The molecule has 1 unspecified atom stereocenters. The molecule has 0 heterocycles. The van der Waals surface area contributed by atoms with Crippen LogP contribution in [0.3, 0.4) is 0 Å².